The normalized spacial score (nSPS) is 18.6. The van der Waals surface area contributed by atoms with Crippen LogP contribution in [0.15, 0.2) is 5.38 Å². The van der Waals surface area contributed by atoms with Crippen molar-refractivity contribution in [2.45, 2.75) is 45.6 Å². The van der Waals surface area contributed by atoms with E-state index in [2.05, 4.69) is 31.1 Å². The lowest BCUT2D eigenvalue weighted by Gasteiger charge is -2.14. The van der Waals surface area contributed by atoms with E-state index in [1.807, 2.05) is 0 Å². The maximum atomic E-state index is 4.72. The molecular weight excluding hydrogens is 204 g/mol. The fourth-order valence-electron chi connectivity index (χ4n) is 1.89. The molecule has 0 bridgehead atoms. The van der Waals surface area contributed by atoms with E-state index in [0.717, 1.165) is 6.54 Å². The quantitative estimate of drug-likeness (QED) is 0.767. The fourth-order valence-corrected chi connectivity index (χ4v) is 2.79. The average molecular weight is 224 g/mol. The summed E-state index contributed by atoms with van der Waals surface area (Å²) in [5.74, 6) is 0. The Kier molecular flexibility index (Phi) is 3.12. The van der Waals surface area contributed by atoms with Crippen LogP contribution < -0.4 is 0 Å². The molecule has 0 radical (unpaired) electrons. The molecule has 2 heterocycles. The van der Waals surface area contributed by atoms with Gasteiger partial charge in [-0.3, -0.25) is 4.90 Å². The molecule has 0 unspecified atom stereocenters. The highest BCUT2D eigenvalue weighted by Crippen LogP contribution is 2.26. The molecule has 1 saturated heterocycles. The molecule has 1 aromatic rings. The third-order valence-electron chi connectivity index (χ3n) is 2.78. The van der Waals surface area contributed by atoms with Gasteiger partial charge in [0.2, 0.25) is 0 Å². The Morgan fingerprint density at radius 2 is 2.00 bits per heavy atom. The van der Waals surface area contributed by atoms with Gasteiger partial charge in [-0.2, -0.15) is 0 Å². The predicted octanol–water partition coefficient (Wildman–Crippen LogP) is 3.04. The van der Waals surface area contributed by atoms with Crippen molar-refractivity contribution < 1.29 is 0 Å². The largest absolute Gasteiger partial charge is 0.297 e. The predicted molar refractivity (Wildman–Crippen MR) is 65.3 cm³/mol. The van der Waals surface area contributed by atoms with Gasteiger partial charge in [0.25, 0.3) is 0 Å². The van der Waals surface area contributed by atoms with Gasteiger partial charge in [0.05, 0.1) is 10.7 Å². The van der Waals surface area contributed by atoms with Gasteiger partial charge in [-0.1, -0.05) is 20.8 Å². The molecule has 0 amide bonds. The van der Waals surface area contributed by atoms with Crippen molar-refractivity contribution in [3.8, 4) is 0 Å². The standard InChI is InChI=1S/C12H20N2S/c1-12(2,3)11-13-10(9-15-11)8-14-6-4-5-7-14/h9H,4-8H2,1-3H3. The molecule has 0 spiro atoms. The van der Waals surface area contributed by atoms with Crippen molar-refractivity contribution in [2.75, 3.05) is 13.1 Å². The van der Waals surface area contributed by atoms with Crippen LogP contribution in [0.4, 0.5) is 0 Å². The summed E-state index contributed by atoms with van der Waals surface area (Å²) in [6.07, 6.45) is 2.71. The minimum atomic E-state index is 0.202. The maximum absolute atomic E-state index is 4.72. The molecule has 1 fully saturated rings. The first-order chi connectivity index (χ1) is 7.05. The molecule has 0 N–H and O–H groups in total. The van der Waals surface area contributed by atoms with E-state index in [1.165, 1.54) is 36.6 Å². The van der Waals surface area contributed by atoms with E-state index in [4.69, 9.17) is 4.98 Å². The Bertz CT molecular complexity index is 319. The van der Waals surface area contributed by atoms with E-state index in [-0.39, 0.29) is 5.41 Å². The van der Waals surface area contributed by atoms with E-state index < -0.39 is 0 Å². The fraction of sp³-hybridized carbons (Fsp3) is 0.750. The van der Waals surface area contributed by atoms with Crippen LogP contribution in [0.2, 0.25) is 0 Å². The molecule has 1 aliphatic heterocycles. The Morgan fingerprint density at radius 1 is 1.33 bits per heavy atom. The second kappa shape index (κ2) is 4.22. The Morgan fingerprint density at radius 3 is 2.53 bits per heavy atom. The zero-order valence-electron chi connectivity index (χ0n) is 9.92. The summed E-state index contributed by atoms with van der Waals surface area (Å²) in [5.41, 5.74) is 1.46. The van der Waals surface area contributed by atoms with Crippen LogP contribution in [0.5, 0.6) is 0 Å². The minimum absolute atomic E-state index is 0.202. The lowest BCUT2D eigenvalue weighted by atomic mass is 9.98. The van der Waals surface area contributed by atoms with Gasteiger partial charge in [-0.25, -0.2) is 4.98 Å². The topological polar surface area (TPSA) is 16.1 Å². The van der Waals surface area contributed by atoms with Crippen molar-refractivity contribution in [3.63, 3.8) is 0 Å². The SMILES string of the molecule is CC(C)(C)c1nc(CN2CCCC2)cs1. The second-order valence-corrected chi connectivity index (χ2v) is 6.24. The summed E-state index contributed by atoms with van der Waals surface area (Å²) in [6, 6.07) is 0. The molecule has 3 heteroatoms. The second-order valence-electron chi connectivity index (χ2n) is 5.38. The highest BCUT2D eigenvalue weighted by Gasteiger charge is 2.19. The number of thiazole rings is 1. The first kappa shape index (κ1) is 11.1. The highest BCUT2D eigenvalue weighted by atomic mass is 32.1. The van der Waals surface area contributed by atoms with Crippen LogP contribution in [-0.4, -0.2) is 23.0 Å². The Balaban J connectivity index is 2.00. The molecule has 2 nitrogen and oxygen atoms in total. The molecule has 15 heavy (non-hydrogen) atoms. The van der Waals surface area contributed by atoms with Crippen molar-refractivity contribution in [3.05, 3.63) is 16.1 Å². The number of hydrogen-bond donors (Lipinski definition) is 0. The van der Waals surface area contributed by atoms with Crippen LogP contribution in [0.25, 0.3) is 0 Å². The van der Waals surface area contributed by atoms with Crippen molar-refractivity contribution in [2.24, 2.45) is 0 Å². The highest BCUT2D eigenvalue weighted by molar-refractivity contribution is 7.09. The number of aromatic nitrogens is 1. The van der Waals surface area contributed by atoms with Crippen LogP contribution in [0.1, 0.15) is 44.3 Å². The average Bonchev–Trinajstić information content (AvgIpc) is 2.73. The van der Waals surface area contributed by atoms with Crippen LogP contribution in [0.3, 0.4) is 0 Å². The summed E-state index contributed by atoms with van der Waals surface area (Å²) in [5, 5.41) is 3.48. The van der Waals surface area contributed by atoms with E-state index in [9.17, 15) is 0 Å². The molecule has 2 rings (SSSR count). The molecule has 0 aromatic carbocycles. The van der Waals surface area contributed by atoms with Gasteiger partial charge in [0, 0.05) is 17.3 Å². The zero-order chi connectivity index (χ0) is 10.9. The Hall–Kier alpha value is -0.410. The summed E-state index contributed by atoms with van der Waals surface area (Å²) >= 11 is 1.80. The van der Waals surface area contributed by atoms with Crippen LogP contribution in [-0.2, 0) is 12.0 Å². The summed E-state index contributed by atoms with van der Waals surface area (Å²) in [6.45, 7) is 10.2. The third kappa shape index (κ3) is 2.79. The van der Waals surface area contributed by atoms with Crippen molar-refractivity contribution in [1.29, 1.82) is 0 Å². The number of nitrogens with zero attached hydrogens (tertiary/aromatic N) is 2. The molecular formula is C12H20N2S. The van der Waals surface area contributed by atoms with Gasteiger partial charge >= 0.3 is 0 Å². The minimum Gasteiger partial charge on any atom is -0.297 e. The van der Waals surface area contributed by atoms with E-state index >= 15 is 0 Å². The lowest BCUT2D eigenvalue weighted by molar-refractivity contribution is 0.327. The van der Waals surface area contributed by atoms with E-state index in [1.54, 1.807) is 11.3 Å². The van der Waals surface area contributed by atoms with Crippen molar-refractivity contribution in [1.82, 2.24) is 9.88 Å². The molecule has 1 aliphatic rings. The monoisotopic (exact) mass is 224 g/mol. The maximum Gasteiger partial charge on any atom is 0.0982 e. The van der Waals surface area contributed by atoms with Crippen molar-refractivity contribution >= 4 is 11.3 Å². The third-order valence-corrected chi connectivity index (χ3v) is 4.09. The molecule has 0 saturated carbocycles. The molecule has 0 aliphatic carbocycles. The molecule has 0 atom stereocenters. The van der Waals surface area contributed by atoms with Crippen LogP contribution in [0, 0.1) is 0 Å². The summed E-state index contributed by atoms with van der Waals surface area (Å²) < 4.78 is 0. The lowest BCUT2D eigenvalue weighted by Crippen LogP contribution is -2.19. The molecule has 84 valence electrons. The first-order valence-corrected chi connectivity index (χ1v) is 6.61. The van der Waals surface area contributed by atoms with Gasteiger partial charge in [0.15, 0.2) is 0 Å². The van der Waals surface area contributed by atoms with E-state index in [0.29, 0.717) is 0 Å². The Labute approximate surface area is 96.3 Å². The first-order valence-electron chi connectivity index (χ1n) is 5.73. The number of likely N-dealkylation sites (tertiary alicyclic amines) is 1. The van der Waals surface area contributed by atoms with Gasteiger partial charge in [-0.05, 0) is 25.9 Å². The molecule has 1 aromatic heterocycles. The number of rotatable bonds is 2. The summed E-state index contributed by atoms with van der Waals surface area (Å²) in [7, 11) is 0. The van der Waals surface area contributed by atoms with Gasteiger partial charge in [0.1, 0.15) is 0 Å². The number of hydrogen-bond acceptors (Lipinski definition) is 3. The van der Waals surface area contributed by atoms with Gasteiger partial charge in [-0.15, -0.1) is 11.3 Å². The zero-order valence-corrected chi connectivity index (χ0v) is 10.7. The van der Waals surface area contributed by atoms with Crippen LogP contribution >= 0.6 is 11.3 Å². The van der Waals surface area contributed by atoms with Gasteiger partial charge < -0.3 is 0 Å². The smallest absolute Gasteiger partial charge is 0.0982 e. The summed E-state index contributed by atoms with van der Waals surface area (Å²) in [4.78, 5) is 7.22.